The molecule has 0 spiro atoms. The number of aromatic nitrogens is 3. The van der Waals surface area contributed by atoms with Gasteiger partial charge in [-0.05, 0) is 44.0 Å². The first kappa shape index (κ1) is 22.1. The summed E-state index contributed by atoms with van der Waals surface area (Å²) in [7, 11) is 0. The van der Waals surface area contributed by atoms with E-state index in [2.05, 4.69) is 63.7 Å². The number of nitriles is 1. The Bertz CT molecular complexity index is 1200. The molecule has 8 heteroatoms. The first-order valence-electron chi connectivity index (χ1n) is 10.9. The number of piperazine rings is 1. The Hall–Kier alpha value is -3.12. The van der Waals surface area contributed by atoms with Crippen LogP contribution in [0.25, 0.3) is 11.0 Å². The quantitative estimate of drug-likeness (QED) is 0.637. The molecule has 4 rings (SSSR count). The maximum Gasteiger partial charge on any atom is 0.345 e. The Morgan fingerprint density at radius 1 is 1.16 bits per heavy atom. The van der Waals surface area contributed by atoms with Crippen molar-refractivity contribution in [3.8, 4) is 6.07 Å². The smallest absolute Gasteiger partial charge is 0.345 e. The normalized spacial score (nSPS) is 20.8. The number of aromatic amines is 1. The predicted molar refractivity (Wildman–Crippen MR) is 122 cm³/mol. The molecule has 3 atom stereocenters. The van der Waals surface area contributed by atoms with E-state index >= 15 is 0 Å². The van der Waals surface area contributed by atoms with E-state index in [0.717, 1.165) is 18.7 Å². The monoisotopic (exact) mass is 432 g/mol. The van der Waals surface area contributed by atoms with Crippen LogP contribution in [-0.2, 0) is 13.2 Å². The van der Waals surface area contributed by atoms with Crippen molar-refractivity contribution >= 4 is 11.0 Å². The summed E-state index contributed by atoms with van der Waals surface area (Å²) in [5.74, 6) is 0. The largest absolute Gasteiger partial charge is 0.392 e. The Morgan fingerprint density at radius 3 is 2.59 bits per heavy atom. The van der Waals surface area contributed by atoms with Crippen LogP contribution in [0.15, 0.2) is 41.2 Å². The minimum Gasteiger partial charge on any atom is -0.392 e. The van der Waals surface area contributed by atoms with Crippen molar-refractivity contribution in [3.63, 3.8) is 0 Å². The van der Waals surface area contributed by atoms with Crippen LogP contribution in [0, 0.1) is 11.3 Å². The lowest BCUT2D eigenvalue weighted by Crippen LogP contribution is -2.56. The highest BCUT2D eigenvalue weighted by molar-refractivity contribution is 5.76. The predicted octanol–water partition coefficient (Wildman–Crippen LogP) is 2.34. The Morgan fingerprint density at radius 2 is 1.91 bits per heavy atom. The number of nitrogens with zero attached hydrogens (tertiary/aromatic N) is 5. The van der Waals surface area contributed by atoms with Gasteiger partial charge in [-0.25, -0.2) is 9.78 Å². The summed E-state index contributed by atoms with van der Waals surface area (Å²) in [5, 5.41) is 18.5. The average Bonchev–Trinajstić information content (AvgIpc) is 2.80. The van der Waals surface area contributed by atoms with Gasteiger partial charge in [-0.15, -0.1) is 0 Å². The van der Waals surface area contributed by atoms with Crippen molar-refractivity contribution in [1.82, 2.24) is 24.8 Å². The number of benzene rings is 1. The van der Waals surface area contributed by atoms with E-state index in [4.69, 9.17) is 0 Å². The molecule has 0 aliphatic carbocycles. The molecule has 2 N–H and O–H groups in total. The molecule has 1 aliphatic heterocycles. The van der Waals surface area contributed by atoms with Crippen LogP contribution in [0.4, 0.5) is 0 Å². The van der Waals surface area contributed by atoms with Crippen molar-refractivity contribution in [1.29, 1.82) is 5.26 Å². The number of nitrogens with one attached hydrogen (secondary N) is 1. The van der Waals surface area contributed by atoms with Crippen LogP contribution in [0.5, 0.6) is 0 Å². The zero-order valence-electron chi connectivity index (χ0n) is 18.6. The summed E-state index contributed by atoms with van der Waals surface area (Å²) in [6.45, 7) is 8.87. The van der Waals surface area contributed by atoms with Gasteiger partial charge in [0, 0.05) is 37.8 Å². The van der Waals surface area contributed by atoms with Crippen molar-refractivity contribution in [2.24, 2.45) is 0 Å². The molecule has 3 aromatic rings. The first-order valence-corrected chi connectivity index (χ1v) is 10.9. The van der Waals surface area contributed by atoms with Crippen molar-refractivity contribution in [3.05, 3.63) is 69.4 Å². The van der Waals surface area contributed by atoms with Crippen molar-refractivity contribution in [2.75, 3.05) is 13.1 Å². The van der Waals surface area contributed by atoms with Gasteiger partial charge in [0.05, 0.1) is 17.8 Å². The zero-order chi connectivity index (χ0) is 22.8. The summed E-state index contributed by atoms with van der Waals surface area (Å²) in [4.78, 5) is 28.2. The maximum atomic E-state index is 12.1. The number of rotatable bonds is 5. The van der Waals surface area contributed by atoms with E-state index in [1.807, 2.05) is 12.1 Å². The number of H-pyrrole nitrogens is 1. The molecule has 3 heterocycles. The SMILES string of the molecule is CC(c1ccc(CO)cc1)N1C[C@H](C)N(Cc2nc(=O)[nH]c3ccc(C#N)nc23)C[C@H]1C. The van der Waals surface area contributed by atoms with Gasteiger partial charge in [0.25, 0.3) is 0 Å². The molecule has 1 aromatic carbocycles. The molecule has 2 aromatic heterocycles. The second-order valence-electron chi connectivity index (χ2n) is 8.59. The zero-order valence-corrected chi connectivity index (χ0v) is 18.6. The molecular formula is C24H28N6O2. The van der Waals surface area contributed by atoms with Gasteiger partial charge in [0.15, 0.2) is 0 Å². The van der Waals surface area contributed by atoms with Gasteiger partial charge >= 0.3 is 5.69 Å². The molecule has 32 heavy (non-hydrogen) atoms. The van der Waals surface area contributed by atoms with Crippen molar-refractivity contribution < 1.29 is 5.11 Å². The number of pyridine rings is 1. The fourth-order valence-corrected chi connectivity index (χ4v) is 4.54. The topological polar surface area (TPSA) is 109 Å². The summed E-state index contributed by atoms with van der Waals surface area (Å²) < 4.78 is 0. The number of aliphatic hydroxyl groups is 1. The van der Waals surface area contributed by atoms with Crippen LogP contribution < -0.4 is 5.69 Å². The Labute approximate surface area is 187 Å². The summed E-state index contributed by atoms with van der Waals surface area (Å²) in [5.41, 5.74) is 3.81. The highest BCUT2D eigenvalue weighted by atomic mass is 16.3. The second-order valence-corrected chi connectivity index (χ2v) is 8.59. The van der Waals surface area contributed by atoms with Crippen LogP contribution in [0.3, 0.4) is 0 Å². The van der Waals surface area contributed by atoms with E-state index in [-0.39, 0.29) is 18.7 Å². The molecule has 0 bridgehead atoms. The van der Waals surface area contributed by atoms with Gasteiger partial charge in [0.1, 0.15) is 17.3 Å². The molecule has 1 fully saturated rings. The van der Waals surface area contributed by atoms with Gasteiger partial charge < -0.3 is 10.1 Å². The molecule has 1 saturated heterocycles. The van der Waals surface area contributed by atoms with Gasteiger partial charge in [-0.3, -0.25) is 9.80 Å². The van der Waals surface area contributed by atoms with Gasteiger partial charge in [0.2, 0.25) is 0 Å². The number of aliphatic hydroxyl groups excluding tert-OH is 1. The molecule has 1 unspecified atom stereocenters. The fraction of sp³-hybridized carbons (Fsp3) is 0.417. The molecule has 0 saturated carbocycles. The maximum absolute atomic E-state index is 12.1. The minimum absolute atomic E-state index is 0.0521. The average molecular weight is 433 g/mol. The van der Waals surface area contributed by atoms with Crippen molar-refractivity contribution in [2.45, 2.75) is 52.0 Å². The van der Waals surface area contributed by atoms with Gasteiger partial charge in [-0.1, -0.05) is 24.3 Å². The lowest BCUT2D eigenvalue weighted by Gasteiger charge is -2.46. The molecule has 0 amide bonds. The minimum atomic E-state index is -0.404. The number of hydrogen-bond donors (Lipinski definition) is 2. The third kappa shape index (κ3) is 4.41. The second kappa shape index (κ2) is 9.17. The molecule has 8 nitrogen and oxygen atoms in total. The summed E-state index contributed by atoms with van der Waals surface area (Å²) in [6.07, 6.45) is 0. The van der Waals surface area contributed by atoms with Crippen LogP contribution in [-0.4, -0.2) is 55.0 Å². The summed E-state index contributed by atoms with van der Waals surface area (Å²) in [6, 6.07) is 14.3. The first-order chi connectivity index (χ1) is 15.4. The standard InChI is InChI=1S/C24H28N6O2/c1-15-12-30(17(3)19-6-4-18(14-31)5-7-19)16(2)11-29(15)13-22-23-21(27-24(32)28-22)9-8-20(10-25)26-23/h4-9,15-17,31H,11-14H2,1-3H3,(H,27,28,32)/t15-,16+,17?/m0/s1. The lowest BCUT2D eigenvalue weighted by atomic mass is 9.99. The number of fused-ring (bicyclic) bond motifs is 1. The van der Waals surface area contributed by atoms with Gasteiger partial charge in [-0.2, -0.15) is 10.2 Å². The van der Waals surface area contributed by atoms with E-state index in [1.54, 1.807) is 12.1 Å². The van der Waals surface area contributed by atoms with E-state index in [1.165, 1.54) is 5.56 Å². The highest BCUT2D eigenvalue weighted by Gasteiger charge is 2.32. The molecule has 0 radical (unpaired) electrons. The highest BCUT2D eigenvalue weighted by Crippen LogP contribution is 2.28. The molecular weight excluding hydrogens is 404 g/mol. The molecule has 166 valence electrons. The Kier molecular flexibility index (Phi) is 6.33. The fourth-order valence-electron chi connectivity index (χ4n) is 4.54. The van der Waals surface area contributed by atoms with Crippen LogP contribution in [0.2, 0.25) is 0 Å². The van der Waals surface area contributed by atoms with Crippen LogP contribution in [0.1, 0.15) is 49.3 Å². The third-order valence-corrected chi connectivity index (χ3v) is 6.42. The Balaban J connectivity index is 1.54. The lowest BCUT2D eigenvalue weighted by molar-refractivity contribution is 0.0139. The van der Waals surface area contributed by atoms with Crippen LogP contribution >= 0.6 is 0 Å². The van der Waals surface area contributed by atoms with E-state index in [9.17, 15) is 15.2 Å². The van der Waals surface area contributed by atoms with E-state index < -0.39 is 5.69 Å². The summed E-state index contributed by atoms with van der Waals surface area (Å²) >= 11 is 0. The number of hydrogen-bond acceptors (Lipinski definition) is 7. The third-order valence-electron chi connectivity index (χ3n) is 6.42. The molecule has 1 aliphatic rings. The van der Waals surface area contributed by atoms with E-state index in [0.29, 0.717) is 35.0 Å².